The number of aromatic nitrogens is 2. The molecule has 174 valence electrons. The van der Waals surface area contributed by atoms with Gasteiger partial charge in [0.25, 0.3) is 11.8 Å². The largest absolute Gasteiger partial charge is 0.503 e. The van der Waals surface area contributed by atoms with Gasteiger partial charge in [0.1, 0.15) is 36.3 Å². The zero-order chi connectivity index (χ0) is 24.3. The summed E-state index contributed by atoms with van der Waals surface area (Å²) in [5, 5.41) is 35.0. The first-order valence-electron chi connectivity index (χ1n) is 9.06. The number of anilines is 1. The Balaban J connectivity index is 1.47. The lowest BCUT2D eigenvalue weighted by atomic mass is 9.99. The highest BCUT2D eigenvalue weighted by molar-refractivity contribution is 7.13. The van der Waals surface area contributed by atoms with E-state index in [-0.39, 0.29) is 22.2 Å². The lowest BCUT2D eigenvalue weighted by Crippen LogP contribution is -2.71. The number of pyridine rings is 1. The maximum atomic E-state index is 12.2. The van der Waals surface area contributed by atoms with Crippen molar-refractivity contribution in [2.24, 2.45) is 0 Å². The molecule has 3 amide bonds. The molecule has 16 heteroatoms. The van der Waals surface area contributed by atoms with Crippen LogP contribution in [0.4, 0.5) is 5.13 Å². The third-order valence-electron chi connectivity index (χ3n) is 4.37. The average Bonchev–Trinajstić information content (AvgIpc) is 3.21. The minimum atomic E-state index is -1.06. The highest BCUT2D eigenvalue weighted by Gasteiger charge is 2.41. The van der Waals surface area contributed by atoms with Crippen LogP contribution in [-0.4, -0.2) is 74.7 Å². The lowest BCUT2D eigenvalue weighted by Gasteiger charge is -2.36. The maximum Gasteiger partial charge on any atom is 0.325 e. The maximum absolute atomic E-state index is 12.2. The van der Waals surface area contributed by atoms with Gasteiger partial charge < -0.3 is 36.7 Å². The lowest BCUT2D eigenvalue weighted by molar-refractivity contribution is -0.148. The fourth-order valence-corrected chi connectivity index (χ4v) is 3.19. The number of esters is 1. The predicted octanol–water partition coefficient (Wildman–Crippen LogP) is -2.85. The number of β-lactam (4-membered cyclic amide) rings is 1. The van der Waals surface area contributed by atoms with Crippen molar-refractivity contribution in [2.75, 3.05) is 18.9 Å². The smallest absolute Gasteiger partial charge is 0.325 e. The fraction of sp³-hybridized carbons (Fsp3) is 0.235. The number of aromatic hydroxyl groups is 1. The van der Waals surface area contributed by atoms with Gasteiger partial charge in [-0.1, -0.05) is 0 Å². The van der Waals surface area contributed by atoms with Gasteiger partial charge in [-0.05, 0) is 0 Å². The Kier molecular flexibility index (Phi) is 6.57. The van der Waals surface area contributed by atoms with E-state index in [1.807, 2.05) is 0 Å². The molecule has 33 heavy (non-hydrogen) atoms. The van der Waals surface area contributed by atoms with Crippen LogP contribution in [-0.2, 0) is 19.1 Å². The number of ether oxygens (including phenoxy) is 1. The van der Waals surface area contributed by atoms with E-state index in [1.165, 1.54) is 5.38 Å². The number of nitrogen functional groups attached to an aromatic ring is 1. The number of hydrogen-bond acceptors (Lipinski definition) is 12. The molecule has 0 saturated carbocycles. The van der Waals surface area contributed by atoms with Crippen LogP contribution in [0, 0.1) is 5.41 Å². The molecule has 1 aliphatic rings. The first-order valence-corrected chi connectivity index (χ1v) is 9.94. The van der Waals surface area contributed by atoms with Gasteiger partial charge in [-0.15, -0.1) is 11.3 Å². The van der Waals surface area contributed by atoms with Gasteiger partial charge >= 0.3 is 5.97 Å². The third-order valence-corrected chi connectivity index (χ3v) is 5.04. The minimum Gasteiger partial charge on any atom is -0.503 e. The van der Waals surface area contributed by atoms with Crippen molar-refractivity contribution in [3.63, 3.8) is 0 Å². The topological polar surface area (TPSA) is 239 Å². The van der Waals surface area contributed by atoms with Crippen LogP contribution >= 0.6 is 11.3 Å². The van der Waals surface area contributed by atoms with Crippen molar-refractivity contribution in [1.29, 1.82) is 5.41 Å². The molecular formula is C17H17N7O8S. The summed E-state index contributed by atoms with van der Waals surface area (Å²) in [6.07, 6.45) is 0.617. The molecular weight excluding hydrogens is 462 g/mol. The molecule has 0 aliphatic carbocycles. The summed E-state index contributed by atoms with van der Waals surface area (Å²) in [5.41, 5.74) is 3.60. The number of nitrogens with two attached hydrogens (primary N) is 1. The van der Waals surface area contributed by atoms with E-state index in [2.05, 4.69) is 20.9 Å². The van der Waals surface area contributed by atoms with Crippen LogP contribution in [0.1, 0.15) is 16.2 Å². The standard InChI is InChI=1S/C17H17N7O8S/c18-12(7-5-33-17(19)22-7)15(29)23-13-6(21-16(13)30)4-32-11(27)2-20-14(28)8-1-9(25)10(26)3-24(8)31/h1,3,5-6,13,18,26,31H,2,4H2,(H2,19,22)(H,20,28)(H,21,30)(H,23,29)/t6-,13+/m1/s1. The molecule has 0 aromatic carbocycles. The molecule has 2 atom stereocenters. The third kappa shape index (κ3) is 5.24. The normalized spacial score (nSPS) is 16.8. The highest BCUT2D eigenvalue weighted by atomic mass is 32.1. The van der Waals surface area contributed by atoms with Crippen molar-refractivity contribution in [3.05, 3.63) is 39.3 Å². The molecule has 1 fully saturated rings. The number of thiazole rings is 1. The van der Waals surface area contributed by atoms with Gasteiger partial charge in [0.05, 0.1) is 12.2 Å². The van der Waals surface area contributed by atoms with Crippen molar-refractivity contribution < 1.29 is 34.2 Å². The molecule has 0 radical (unpaired) electrons. The Labute approximate surface area is 187 Å². The van der Waals surface area contributed by atoms with Crippen molar-refractivity contribution in [1.82, 2.24) is 25.7 Å². The first-order chi connectivity index (χ1) is 15.6. The quantitative estimate of drug-likeness (QED) is 0.0885. The van der Waals surface area contributed by atoms with Crippen LogP contribution in [0.3, 0.4) is 0 Å². The monoisotopic (exact) mass is 479 g/mol. The van der Waals surface area contributed by atoms with Gasteiger partial charge in [-0.3, -0.25) is 29.4 Å². The molecule has 1 saturated heterocycles. The number of carbonyl (C=O) groups is 4. The van der Waals surface area contributed by atoms with Crippen LogP contribution < -0.4 is 27.1 Å². The summed E-state index contributed by atoms with van der Waals surface area (Å²) < 4.78 is 5.16. The summed E-state index contributed by atoms with van der Waals surface area (Å²) >= 11 is 1.05. The molecule has 0 bridgehead atoms. The Morgan fingerprint density at radius 1 is 1.36 bits per heavy atom. The summed E-state index contributed by atoms with van der Waals surface area (Å²) in [7, 11) is 0. The molecule has 15 nitrogen and oxygen atoms in total. The summed E-state index contributed by atoms with van der Waals surface area (Å²) in [5.74, 6) is -4.09. The first kappa shape index (κ1) is 23.2. The van der Waals surface area contributed by atoms with Crippen molar-refractivity contribution in [3.8, 4) is 5.75 Å². The molecule has 2 aromatic rings. The number of amides is 3. The van der Waals surface area contributed by atoms with E-state index < -0.39 is 64.9 Å². The van der Waals surface area contributed by atoms with Crippen LogP contribution in [0.15, 0.2) is 22.4 Å². The molecule has 3 heterocycles. The number of carbonyl (C=O) groups excluding carboxylic acids is 4. The molecule has 1 aliphatic heterocycles. The Bertz CT molecular complexity index is 1210. The van der Waals surface area contributed by atoms with Crippen LogP contribution in [0.2, 0.25) is 0 Å². The van der Waals surface area contributed by atoms with Gasteiger partial charge in [-0.2, -0.15) is 4.73 Å². The zero-order valence-corrected chi connectivity index (χ0v) is 17.3. The van der Waals surface area contributed by atoms with Crippen LogP contribution in [0.25, 0.3) is 0 Å². The fourth-order valence-electron chi connectivity index (χ4n) is 2.64. The Morgan fingerprint density at radius 3 is 2.73 bits per heavy atom. The minimum absolute atomic E-state index is 0.0513. The highest BCUT2D eigenvalue weighted by Crippen LogP contribution is 2.13. The Morgan fingerprint density at radius 2 is 2.09 bits per heavy atom. The number of nitrogens with one attached hydrogen (secondary N) is 4. The van der Waals surface area contributed by atoms with E-state index in [9.17, 15) is 34.3 Å². The molecule has 8 N–H and O–H groups in total. The molecule has 0 spiro atoms. The van der Waals surface area contributed by atoms with E-state index in [0.29, 0.717) is 12.3 Å². The van der Waals surface area contributed by atoms with Crippen molar-refractivity contribution in [2.45, 2.75) is 12.1 Å². The van der Waals surface area contributed by atoms with E-state index >= 15 is 0 Å². The number of hydrogen-bond donors (Lipinski definition) is 7. The predicted molar refractivity (Wildman–Crippen MR) is 110 cm³/mol. The van der Waals surface area contributed by atoms with Gasteiger partial charge in [0.2, 0.25) is 11.3 Å². The number of rotatable bonds is 8. The molecule has 0 unspecified atom stereocenters. The van der Waals surface area contributed by atoms with E-state index in [0.717, 1.165) is 11.3 Å². The average molecular weight is 479 g/mol. The van der Waals surface area contributed by atoms with Gasteiger partial charge in [0.15, 0.2) is 10.9 Å². The van der Waals surface area contributed by atoms with Gasteiger partial charge in [-0.25, -0.2) is 4.98 Å². The zero-order valence-electron chi connectivity index (χ0n) is 16.5. The second-order valence-corrected chi connectivity index (χ2v) is 7.52. The molecule has 2 aromatic heterocycles. The second-order valence-electron chi connectivity index (χ2n) is 6.63. The van der Waals surface area contributed by atoms with Crippen LogP contribution in [0.5, 0.6) is 5.75 Å². The Hall–Kier alpha value is -4.47. The van der Waals surface area contributed by atoms with E-state index in [1.54, 1.807) is 0 Å². The summed E-state index contributed by atoms with van der Waals surface area (Å²) in [6, 6.07) is -1.16. The summed E-state index contributed by atoms with van der Waals surface area (Å²) in [4.78, 5) is 62.9. The SMILES string of the molecule is N=C(C(=O)N[C@@H]1C(=O)N[C@@H]1COC(=O)CNC(=O)c1cc(=O)c(O)cn1O)c1csc(N)n1. The van der Waals surface area contributed by atoms with Crippen molar-refractivity contribution >= 4 is 45.9 Å². The number of nitrogens with zero attached hydrogens (tertiary/aromatic N) is 2. The summed E-state index contributed by atoms with van der Waals surface area (Å²) in [6.45, 7) is -0.978. The van der Waals surface area contributed by atoms with Gasteiger partial charge in [0, 0.05) is 11.4 Å². The second kappa shape index (κ2) is 9.35. The van der Waals surface area contributed by atoms with E-state index in [4.69, 9.17) is 15.9 Å². The molecule has 3 rings (SSSR count).